The molecule has 0 aromatic carbocycles. The van der Waals surface area contributed by atoms with E-state index in [0.717, 1.165) is 0 Å². The van der Waals surface area contributed by atoms with Crippen LogP contribution < -0.4 is 0 Å². The van der Waals surface area contributed by atoms with Crippen LogP contribution in [0.15, 0.2) is 0 Å². The van der Waals surface area contributed by atoms with E-state index in [1.807, 2.05) is 0 Å². The summed E-state index contributed by atoms with van der Waals surface area (Å²) in [6, 6.07) is 0. The zero-order valence-corrected chi connectivity index (χ0v) is 6.58. The van der Waals surface area contributed by atoms with Gasteiger partial charge in [-0.15, -0.1) is 0 Å². The second kappa shape index (κ2) is 1.99. The van der Waals surface area contributed by atoms with Gasteiger partial charge in [-0.05, 0) is 11.0 Å². The lowest BCUT2D eigenvalue weighted by atomic mass is 9.99. The zero-order valence-electron chi connectivity index (χ0n) is 5.58. The molecule has 0 unspecified atom stereocenters. The predicted octanol–water partition coefficient (Wildman–Crippen LogP) is 2.01. The van der Waals surface area contributed by atoms with Crippen molar-refractivity contribution >= 4 is 10.2 Å². The average molecular weight is 113 g/mol. The van der Waals surface area contributed by atoms with Gasteiger partial charge in [-0.25, -0.2) is 0 Å². The van der Waals surface area contributed by atoms with E-state index < -0.39 is 0 Å². The van der Waals surface area contributed by atoms with Crippen molar-refractivity contribution in [1.29, 1.82) is 0 Å². The Balaban J connectivity index is 3.54. The fourth-order valence-corrected chi connectivity index (χ4v) is 0. The van der Waals surface area contributed by atoms with Gasteiger partial charge in [0, 0.05) is 10.2 Å². The van der Waals surface area contributed by atoms with Crippen LogP contribution in [-0.4, -0.2) is 10.2 Å². The van der Waals surface area contributed by atoms with Crippen molar-refractivity contribution in [3.63, 3.8) is 0 Å². The van der Waals surface area contributed by atoms with E-state index in [-0.39, 0.29) is 0 Å². The lowest BCUT2D eigenvalue weighted by molar-refractivity contribution is 0.480. The van der Waals surface area contributed by atoms with Gasteiger partial charge in [0.1, 0.15) is 0 Å². The maximum absolute atomic E-state index is 3.59. The summed E-state index contributed by atoms with van der Waals surface area (Å²) in [5, 5.41) is 0.306. The van der Waals surface area contributed by atoms with Gasteiger partial charge in [0.05, 0.1) is 0 Å². The number of hydrogen-bond acceptors (Lipinski definition) is 0. The van der Waals surface area contributed by atoms with Crippen LogP contribution in [0.25, 0.3) is 0 Å². The Labute approximate surface area is 49.7 Å². The molecule has 0 fully saturated rings. The first kappa shape index (κ1) is 7.22. The molecule has 0 bridgehead atoms. The van der Waals surface area contributed by atoms with Crippen LogP contribution in [0.3, 0.4) is 0 Å². The maximum atomic E-state index is 3.59. The highest BCUT2D eigenvalue weighted by molar-refractivity contribution is 6.14. The predicted molar refractivity (Wildman–Crippen MR) is 34.6 cm³/mol. The molecule has 0 heterocycles. The first-order chi connectivity index (χ1) is 2.94. The minimum atomic E-state index is 0.306. The van der Waals surface area contributed by atoms with Crippen LogP contribution in [0.1, 0.15) is 27.7 Å². The molecule has 0 atom stereocenters. The molecule has 0 spiro atoms. The molecule has 0 aromatic heterocycles. The minimum Gasteiger partial charge on any atom is -0.0628 e. The fourth-order valence-electron chi connectivity index (χ4n) is 0. The minimum absolute atomic E-state index is 0.306. The van der Waals surface area contributed by atoms with Gasteiger partial charge in [-0.2, -0.15) is 0 Å². The third-order valence-electron chi connectivity index (χ3n) is 1.44. The quantitative estimate of drug-likeness (QED) is 0.456. The summed E-state index contributed by atoms with van der Waals surface area (Å²) in [5.41, 5.74) is 0. The molecule has 0 rings (SSSR count). The average Bonchev–Trinajstić information content (AvgIpc) is 1.31. The summed E-state index contributed by atoms with van der Waals surface area (Å²) in [7, 11) is 3.59. The zero-order chi connectivity index (χ0) is 6.08. The van der Waals surface area contributed by atoms with E-state index in [4.69, 9.17) is 0 Å². The summed E-state index contributed by atoms with van der Waals surface area (Å²) in [5.74, 6) is 0.712. The van der Waals surface area contributed by atoms with Crippen LogP contribution in [0.4, 0.5) is 0 Å². The largest absolute Gasteiger partial charge is 0.0628 e. The van der Waals surface area contributed by atoms with Gasteiger partial charge in [-0.3, -0.25) is 0 Å². The van der Waals surface area contributed by atoms with Gasteiger partial charge in [0.25, 0.3) is 0 Å². The summed E-state index contributed by atoms with van der Waals surface area (Å²) < 4.78 is 0. The van der Waals surface area contributed by atoms with Crippen molar-refractivity contribution in [2.75, 3.05) is 0 Å². The number of rotatable bonds is 1. The Morgan fingerprint density at radius 2 is 1.43 bits per heavy atom. The highest BCUT2D eigenvalue weighted by atomic mass is 28.1. The van der Waals surface area contributed by atoms with Crippen LogP contribution in [0.2, 0.25) is 5.04 Å². The van der Waals surface area contributed by atoms with E-state index in [0.29, 0.717) is 11.0 Å². The fraction of sp³-hybridized carbons (Fsp3) is 1.00. The Kier molecular flexibility index (Phi) is 2.05. The summed E-state index contributed by atoms with van der Waals surface area (Å²) in [6.07, 6.45) is 0. The van der Waals surface area contributed by atoms with Crippen molar-refractivity contribution in [2.45, 2.75) is 32.7 Å². The van der Waals surface area contributed by atoms with Gasteiger partial charge in [0.15, 0.2) is 0 Å². The standard InChI is InChI=1S/C6H13Si/c1-5(2)6(3,4)7/h5H,1-4H3. The number of hydrogen-bond donors (Lipinski definition) is 0. The smallest absolute Gasteiger partial charge is 0.0309 e. The van der Waals surface area contributed by atoms with Crippen molar-refractivity contribution in [2.24, 2.45) is 5.92 Å². The summed E-state index contributed by atoms with van der Waals surface area (Å²) in [6.45, 7) is 8.75. The third kappa shape index (κ3) is 2.86. The lowest BCUT2D eigenvalue weighted by Gasteiger charge is -2.22. The molecule has 0 amide bonds. The molecule has 0 aliphatic heterocycles. The van der Waals surface area contributed by atoms with Crippen molar-refractivity contribution in [3.05, 3.63) is 0 Å². The molecule has 0 aliphatic rings. The van der Waals surface area contributed by atoms with Crippen LogP contribution >= 0.6 is 0 Å². The topological polar surface area (TPSA) is 0 Å². The molecular weight excluding hydrogens is 100 g/mol. The SMILES string of the molecule is CC(C)C(C)(C)[Si]. The molecular formula is C6H13Si. The van der Waals surface area contributed by atoms with Crippen LogP contribution in [0.5, 0.6) is 0 Å². The monoisotopic (exact) mass is 113 g/mol. The molecule has 41 valence electrons. The molecule has 1 heteroatoms. The van der Waals surface area contributed by atoms with Crippen LogP contribution in [-0.2, 0) is 0 Å². The first-order valence-electron chi connectivity index (χ1n) is 2.69. The highest BCUT2D eigenvalue weighted by Gasteiger charge is 2.14. The lowest BCUT2D eigenvalue weighted by Crippen LogP contribution is -2.09. The molecule has 0 saturated carbocycles. The van der Waals surface area contributed by atoms with Crippen molar-refractivity contribution in [3.8, 4) is 0 Å². The van der Waals surface area contributed by atoms with E-state index in [1.165, 1.54) is 0 Å². The van der Waals surface area contributed by atoms with Gasteiger partial charge < -0.3 is 0 Å². The van der Waals surface area contributed by atoms with Gasteiger partial charge in [0.2, 0.25) is 0 Å². The second-order valence-electron chi connectivity index (χ2n) is 2.88. The van der Waals surface area contributed by atoms with E-state index >= 15 is 0 Å². The highest BCUT2D eigenvalue weighted by Crippen LogP contribution is 2.28. The van der Waals surface area contributed by atoms with E-state index in [1.54, 1.807) is 0 Å². The maximum Gasteiger partial charge on any atom is 0.0309 e. The van der Waals surface area contributed by atoms with Crippen molar-refractivity contribution in [1.82, 2.24) is 0 Å². The normalized spacial score (nSPS) is 12.9. The first-order valence-corrected chi connectivity index (χ1v) is 3.19. The second-order valence-corrected chi connectivity index (χ2v) is 4.17. The molecule has 0 nitrogen and oxygen atoms in total. The van der Waals surface area contributed by atoms with E-state index in [9.17, 15) is 0 Å². The summed E-state index contributed by atoms with van der Waals surface area (Å²) in [4.78, 5) is 0. The molecule has 0 N–H and O–H groups in total. The van der Waals surface area contributed by atoms with Crippen LogP contribution in [0, 0.1) is 5.92 Å². The Bertz CT molecular complexity index is 49.7. The summed E-state index contributed by atoms with van der Waals surface area (Å²) >= 11 is 0. The molecule has 7 heavy (non-hydrogen) atoms. The van der Waals surface area contributed by atoms with Gasteiger partial charge in [-0.1, -0.05) is 27.7 Å². The molecule has 3 radical (unpaired) electrons. The Morgan fingerprint density at radius 1 is 1.29 bits per heavy atom. The Morgan fingerprint density at radius 3 is 1.43 bits per heavy atom. The van der Waals surface area contributed by atoms with Crippen molar-refractivity contribution < 1.29 is 0 Å². The third-order valence-corrected chi connectivity index (χ3v) is 2.02. The molecule has 0 aromatic rings. The molecule has 0 saturated heterocycles. The Hall–Kier alpha value is 0.217. The van der Waals surface area contributed by atoms with E-state index in [2.05, 4.69) is 37.9 Å². The van der Waals surface area contributed by atoms with Gasteiger partial charge >= 0.3 is 0 Å². The molecule has 0 aliphatic carbocycles.